The lowest BCUT2D eigenvalue weighted by atomic mass is 9.86. The van der Waals surface area contributed by atoms with E-state index in [9.17, 15) is 9.59 Å². The van der Waals surface area contributed by atoms with Gasteiger partial charge >= 0.3 is 6.03 Å². The number of rotatable bonds is 4. The molecule has 0 spiro atoms. The van der Waals surface area contributed by atoms with Crippen LogP contribution in [-0.2, 0) is 22.3 Å². The van der Waals surface area contributed by atoms with Crippen LogP contribution in [0.2, 0.25) is 0 Å². The minimum atomic E-state index is -0.969. The molecule has 4 heteroatoms. The Hall–Kier alpha value is -2.62. The molecule has 3 amide bonds. The van der Waals surface area contributed by atoms with Gasteiger partial charge in [0.25, 0.3) is 5.91 Å². The molecule has 0 aromatic heterocycles. The number of urea groups is 1. The van der Waals surface area contributed by atoms with Crippen molar-refractivity contribution >= 4 is 11.9 Å². The zero-order valence-corrected chi connectivity index (χ0v) is 15.9. The first-order chi connectivity index (χ1) is 12.3. The number of amides is 3. The highest BCUT2D eigenvalue weighted by Gasteiger charge is 2.50. The van der Waals surface area contributed by atoms with E-state index in [0.29, 0.717) is 6.42 Å². The van der Waals surface area contributed by atoms with Crippen LogP contribution in [0.4, 0.5) is 4.79 Å². The van der Waals surface area contributed by atoms with E-state index < -0.39 is 5.54 Å². The lowest BCUT2D eigenvalue weighted by molar-refractivity contribution is -0.132. The van der Waals surface area contributed by atoms with Crippen molar-refractivity contribution in [3.8, 4) is 0 Å². The fourth-order valence-electron chi connectivity index (χ4n) is 3.42. The van der Waals surface area contributed by atoms with Crippen molar-refractivity contribution in [1.82, 2.24) is 10.2 Å². The number of imide groups is 1. The van der Waals surface area contributed by atoms with Crippen molar-refractivity contribution in [2.75, 3.05) is 0 Å². The summed E-state index contributed by atoms with van der Waals surface area (Å²) in [5.74, 6) is -0.184. The Labute approximate surface area is 155 Å². The lowest BCUT2D eigenvalue weighted by Gasteiger charge is -2.25. The van der Waals surface area contributed by atoms with E-state index in [1.165, 1.54) is 10.5 Å². The van der Waals surface area contributed by atoms with Gasteiger partial charge in [-0.1, -0.05) is 82.3 Å². The third kappa shape index (κ3) is 3.12. The van der Waals surface area contributed by atoms with Crippen LogP contribution < -0.4 is 5.32 Å². The average Bonchev–Trinajstić information content (AvgIpc) is 2.87. The summed E-state index contributed by atoms with van der Waals surface area (Å²) in [6.07, 6.45) is 0.515. The van der Waals surface area contributed by atoms with Crippen molar-refractivity contribution in [3.05, 3.63) is 71.3 Å². The first-order valence-corrected chi connectivity index (χ1v) is 9.07. The number of nitrogens with one attached hydrogen (secondary N) is 1. The van der Waals surface area contributed by atoms with E-state index >= 15 is 0 Å². The summed E-state index contributed by atoms with van der Waals surface area (Å²) in [5.41, 5.74) is 2.10. The molecule has 0 bridgehead atoms. The summed E-state index contributed by atoms with van der Waals surface area (Å²) >= 11 is 0. The van der Waals surface area contributed by atoms with Gasteiger partial charge in [0.05, 0.1) is 6.54 Å². The molecule has 4 nitrogen and oxygen atoms in total. The van der Waals surface area contributed by atoms with Crippen LogP contribution in [0.1, 0.15) is 50.8 Å². The van der Waals surface area contributed by atoms with E-state index in [4.69, 9.17) is 0 Å². The first-order valence-electron chi connectivity index (χ1n) is 9.07. The van der Waals surface area contributed by atoms with Gasteiger partial charge in [0.1, 0.15) is 5.54 Å². The third-order valence-electron chi connectivity index (χ3n) is 5.13. The third-order valence-corrected chi connectivity index (χ3v) is 5.13. The van der Waals surface area contributed by atoms with Gasteiger partial charge in [0.2, 0.25) is 0 Å². The Balaban J connectivity index is 1.86. The van der Waals surface area contributed by atoms with Crippen LogP contribution in [0.3, 0.4) is 0 Å². The Morgan fingerprint density at radius 1 is 0.962 bits per heavy atom. The van der Waals surface area contributed by atoms with Crippen LogP contribution in [-0.4, -0.2) is 16.8 Å². The summed E-state index contributed by atoms with van der Waals surface area (Å²) in [4.78, 5) is 27.0. The van der Waals surface area contributed by atoms with Gasteiger partial charge in [-0.05, 0) is 28.5 Å². The number of nitrogens with zero attached hydrogens (tertiary/aromatic N) is 1. The molecule has 2 aromatic carbocycles. The molecule has 2 aromatic rings. The molecule has 1 saturated heterocycles. The molecule has 1 heterocycles. The van der Waals surface area contributed by atoms with Crippen molar-refractivity contribution in [2.24, 2.45) is 0 Å². The Morgan fingerprint density at radius 3 is 2.12 bits per heavy atom. The maximum atomic E-state index is 13.1. The van der Waals surface area contributed by atoms with Gasteiger partial charge in [0.15, 0.2) is 0 Å². The topological polar surface area (TPSA) is 49.4 Å². The summed E-state index contributed by atoms with van der Waals surface area (Å²) in [6, 6.07) is 17.3. The molecule has 1 fully saturated rings. The zero-order valence-electron chi connectivity index (χ0n) is 15.9. The van der Waals surface area contributed by atoms with E-state index in [-0.39, 0.29) is 23.9 Å². The lowest BCUT2D eigenvalue weighted by Crippen LogP contribution is -2.43. The highest BCUT2D eigenvalue weighted by molar-refractivity contribution is 6.07. The number of carbonyl (C=O) groups excluding carboxylic acids is 2. The fourth-order valence-corrected chi connectivity index (χ4v) is 3.42. The summed E-state index contributed by atoms with van der Waals surface area (Å²) in [5, 5.41) is 2.93. The fraction of sp³-hybridized carbons (Fsp3) is 0.364. The van der Waals surface area contributed by atoms with Crippen LogP contribution >= 0.6 is 0 Å². The number of hydrogen-bond acceptors (Lipinski definition) is 2. The number of hydrogen-bond donors (Lipinski definition) is 1. The molecule has 1 N–H and O–H groups in total. The van der Waals surface area contributed by atoms with Crippen molar-refractivity contribution in [2.45, 2.75) is 51.6 Å². The van der Waals surface area contributed by atoms with Crippen LogP contribution in [0, 0.1) is 0 Å². The highest BCUT2D eigenvalue weighted by atomic mass is 16.2. The van der Waals surface area contributed by atoms with E-state index in [1.807, 2.05) is 49.4 Å². The minimum Gasteiger partial charge on any atom is -0.319 e. The maximum Gasteiger partial charge on any atom is 0.325 e. The van der Waals surface area contributed by atoms with Gasteiger partial charge in [-0.15, -0.1) is 0 Å². The Kier molecular flexibility index (Phi) is 4.61. The number of benzene rings is 2. The molecule has 1 aliphatic rings. The molecule has 0 aliphatic carbocycles. The molecular formula is C22H26N2O2. The smallest absolute Gasteiger partial charge is 0.319 e. The first kappa shape index (κ1) is 18.2. The molecule has 0 saturated carbocycles. The average molecular weight is 350 g/mol. The van der Waals surface area contributed by atoms with E-state index in [1.54, 1.807) is 0 Å². The summed E-state index contributed by atoms with van der Waals surface area (Å²) in [7, 11) is 0. The molecular weight excluding hydrogens is 324 g/mol. The van der Waals surface area contributed by atoms with Gasteiger partial charge in [-0.2, -0.15) is 0 Å². The highest BCUT2D eigenvalue weighted by Crippen LogP contribution is 2.33. The second-order valence-electron chi connectivity index (χ2n) is 7.89. The van der Waals surface area contributed by atoms with Crippen LogP contribution in [0.5, 0.6) is 0 Å². The minimum absolute atomic E-state index is 0.0735. The largest absolute Gasteiger partial charge is 0.325 e. The predicted molar refractivity (Wildman–Crippen MR) is 103 cm³/mol. The Morgan fingerprint density at radius 2 is 1.58 bits per heavy atom. The molecule has 0 unspecified atom stereocenters. The van der Waals surface area contributed by atoms with Crippen LogP contribution in [0.15, 0.2) is 54.6 Å². The van der Waals surface area contributed by atoms with Gasteiger partial charge in [-0.3, -0.25) is 9.69 Å². The second-order valence-corrected chi connectivity index (χ2v) is 7.89. The van der Waals surface area contributed by atoms with Gasteiger partial charge < -0.3 is 5.32 Å². The predicted octanol–water partition coefficient (Wildman–Crippen LogP) is 4.34. The van der Waals surface area contributed by atoms with E-state index in [2.05, 4.69) is 38.2 Å². The van der Waals surface area contributed by atoms with Crippen molar-refractivity contribution < 1.29 is 9.59 Å². The quantitative estimate of drug-likeness (QED) is 0.834. The van der Waals surface area contributed by atoms with Gasteiger partial charge in [-0.25, -0.2) is 4.79 Å². The van der Waals surface area contributed by atoms with Crippen molar-refractivity contribution in [3.63, 3.8) is 0 Å². The molecule has 1 atom stereocenters. The monoisotopic (exact) mass is 350 g/mol. The molecule has 0 radical (unpaired) electrons. The maximum absolute atomic E-state index is 13.1. The molecule has 1 aliphatic heterocycles. The SMILES string of the molecule is CC[C@]1(c2ccccc2)NC(=O)N(Cc2ccc(C(C)(C)C)cc2)C1=O. The van der Waals surface area contributed by atoms with Crippen LogP contribution in [0.25, 0.3) is 0 Å². The number of carbonyl (C=O) groups is 2. The normalized spacial score (nSPS) is 20.4. The second kappa shape index (κ2) is 6.60. The summed E-state index contributed by atoms with van der Waals surface area (Å²) in [6.45, 7) is 8.69. The standard InChI is InChI=1S/C22H26N2O2/c1-5-22(18-9-7-6-8-10-18)19(25)24(20(26)23-22)15-16-11-13-17(14-12-16)21(2,3)4/h6-14H,5,15H2,1-4H3,(H,23,26)/t22-/m1/s1. The summed E-state index contributed by atoms with van der Waals surface area (Å²) < 4.78 is 0. The van der Waals surface area contributed by atoms with Gasteiger partial charge in [0, 0.05) is 0 Å². The molecule has 136 valence electrons. The molecule has 26 heavy (non-hydrogen) atoms. The zero-order chi connectivity index (χ0) is 18.9. The Bertz CT molecular complexity index is 806. The van der Waals surface area contributed by atoms with Crippen molar-refractivity contribution in [1.29, 1.82) is 0 Å². The molecule has 3 rings (SSSR count). The van der Waals surface area contributed by atoms with E-state index in [0.717, 1.165) is 11.1 Å².